The molecule has 1 atom stereocenters. The second kappa shape index (κ2) is 5.42. The molecule has 1 saturated carbocycles. The predicted octanol–water partition coefficient (Wildman–Crippen LogP) is 1.30. The van der Waals surface area contributed by atoms with Crippen molar-refractivity contribution in [2.45, 2.75) is 37.8 Å². The van der Waals surface area contributed by atoms with Crippen LogP contribution in [-0.2, 0) is 9.59 Å². The van der Waals surface area contributed by atoms with Crippen molar-refractivity contribution >= 4 is 23.2 Å². The molecule has 1 saturated heterocycles. The van der Waals surface area contributed by atoms with Gasteiger partial charge in [0.25, 0.3) is 0 Å². The van der Waals surface area contributed by atoms with E-state index in [-0.39, 0.29) is 24.3 Å². The van der Waals surface area contributed by atoms with E-state index in [2.05, 4.69) is 5.32 Å². The molecule has 5 nitrogen and oxygen atoms in total. The van der Waals surface area contributed by atoms with E-state index in [1.807, 2.05) is 17.5 Å². The van der Waals surface area contributed by atoms with E-state index >= 15 is 0 Å². The number of thiophene rings is 1. The van der Waals surface area contributed by atoms with E-state index in [0.29, 0.717) is 19.0 Å². The Balaban J connectivity index is 1.58. The molecule has 2 N–H and O–H groups in total. The molecule has 6 heteroatoms. The largest absolute Gasteiger partial charge is 0.386 e. The molecule has 2 fully saturated rings. The van der Waals surface area contributed by atoms with Gasteiger partial charge in [-0.15, -0.1) is 11.3 Å². The molecule has 114 valence electrons. The fraction of sp³-hybridized carbons (Fsp3) is 0.600. The maximum absolute atomic E-state index is 12.3. The van der Waals surface area contributed by atoms with Gasteiger partial charge in [-0.2, -0.15) is 0 Å². The summed E-state index contributed by atoms with van der Waals surface area (Å²) < 4.78 is 0. The lowest BCUT2D eigenvalue weighted by Crippen LogP contribution is -2.64. The second-order valence-corrected chi connectivity index (χ2v) is 7.08. The van der Waals surface area contributed by atoms with Crippen LogP contribution in [0.3, 0.4) is 0 Å². The minimum atomic E-state index is -0.651. The predicted molar refractivity (Wildman–Crippen MR) is 79.7 cm³/mol. The van der Waals surface area contributed by atoms with Crippen LogP contribution in [0.4, 0.5) is 0 Å². The highest BCUT2D eigenvalue weighted by molar-refractivity contribution is 7.10. The van der Waals surface area contributed by atoms with Crippen molar-refractivity contribution in [3.8, 4) is 0 Å². The molecule has 0 radical (unpaired) electrons. The molecule has 1 unspecified atom stereocenters. The number of rotatable bonds is 5. The molecular weight excluding hydrogens is 288 g/mol. The number of likely N-dealkylation sites (tertiary alicyclic amines) is 1. The summed E-state index contributed by atoms with van der Waals surface area (Å²) in [7, 11) is 0. The van der Waals surface area contributed by atoms with Crippen molar-refractivity contribution in [3.05, 3.63) is 22.4 Å². The number of nitrogens with zero attached hydrogens (tertiary/aromatic N) is 1. The number of carbonyl (C=O) groups is 2. The summed E-state index contributed by atoms with van der Waals surface area (Å²) >= 11 is 1.53. The first kappa shape index (κ1) is 14.5. The van der Waals surface area contributed by atoms with Gasteiger partial charge in [-0.05, 0) is 30.2 Å². The zero-order valence-corrected chi connectivity index (χ0v) is 12.9. The van der Waals surface area contributed by atoms with E-state index < -0.39 is 5.60 Å². The van der Waals surface area contributed by atoms with Gasteiger partial charge in [0.1, 0.15) is 5.60 Å². The topological polar surface area (TPSA) is 69.6 Å². The lowest BCUT2D eigenvalue weighted by molar-refractivity contribution is -0.159. The highest BCUT2D eigenvalue weighted by Crippen LogP contribution is 2.44. The molecule has 2 amide bonds. The molecule has 2 heterocycles. The number of hydrogen-bond donors (Lipinski definition) is 2. The van der Waals surface area contributed by atoms with Crippen LogP contribution in [0.1, 0.15) is 37.1 Å². The highest BCUT2D eigenvalue weighted by atomic mass is 32.1. The number of nitrogens with one attached hydrogen (secondary N) is 1. The molecule has 21 heavy (non-hydrogen) atoms. The number of aliphatic hydroxyl groups is 1. The molecule has 1 aliphatic heterocycles. The third-order valence-electron chi connectivity index (χ3n) is 4.26. The van der Waals surface area contributed by atoms with Crippen LogP contribution >= 0.6 is 11.3 Å². The zero-order chi connectivity index (χ0) is 15.0. The van der Waals surface area contributed by atoms with E-state index in [4.69, 9.17) is 0 Å². The van der Waals surface area contributed by atoms with Gasteiger partial charge in [-0.25, -0.2) is 0 Å². The van der Waals surface area contributed by atoms with Crippen molar-refractivity contribution < 1.29 is 14.7 Å². The first-order valence-corrected chi connectivity index (χ1v) is 8.16. The van der Waals surface area contributed by atoms with Crippen LogP contribution in [0.15, 0.2) is 17.5 Å². The Morgan fingerprint density at radius 2 is 2.24 bits per heavy atom. The van der Waals surface area contributed by atoms with E-state index in [1.54, 1.807) is 4.90 Å². The van der Waals surface area contributed by atoms with Crippen molar-refractivity contribution in [2.24, 2.45) is 5.92 Å². The molecule has 0 spiro atoms. The van der Waals surface area contributed by atoms with Crippen molar-refractivity contribution in [1.82, 2.24) is 10.2 Å². The number of hydrogen-bond acceptors (Lipinski definition) is 4. The SMILES string of the molecule is CC(=O)NC(CC(=O)N1CC(O)(C2CC2)C1)c1cccs1. The van der Waals surface area contributed by atoms with Crippen LogP contribution in [0.2, 0.25) is 0 Å². The lowest BCUT2D eigenvalue weighted by Gasteiger charge is -2.47. The smallest absolute Gasteiger partial charge is 0.225 e. The summed E-state index contributed by atoms with van der Waals surface area (Å²) in [4.78, 5) is 26.3. The normalized spacial score (nSPS) is 21.5. The van der Waals surface area contributed by atoms with Crippen molar-refractivity contribution in [3.63, 3.8) is 0 Å². The van der Waals surface area contributed by atoms with Gasteiger partial charge >= 0.3 is 0 Å². The maximum Gasteiger partial charge on any atom is 0.225 e. The Bertz CT molecular complexity index is 533. The van der Waals surface area contributed by atoms with Gasteiger partial charge in [0.2, 0.25) is 11.8 Å². The Morgan fingerprint density at radius 3 is 2.76 bits per heavy atom. The Labute approximate surface area is 128 Å². The summed E-state index contributed by atoms with van der Waals surface area (Å²) in [5, 5.41) is 15.0. The van der Waals surface area contributed by atoms with Gasteiger partial charge in [0, 0.05) is 11.8 Å². The Kier molecular flexibility index (Phi) is 3.75. The van der Waals surface area contributed by atoms with Crippen LogP contribution in [-0.4, -0.2) is 40.5 Å². The van der Waals surface area contributed by atoms with E-state index in [0.717, 1.165) is 17.7 Å². The molecule has 1 aromatic rings. The Hall–Kier alpha value is -1.40. The van der Waals surface area contributed by atoms with Crippen LogP contribution in [0.25, 0.3) is 0 Å². The molecule has 1 aliphatic carbocycles. The summed E-state index contributed by atoms with van der Waals surface area (Å²) in [5.74, 6) is 0.233. The highest BCUT2D eigenvalue weighted by Gasteiger charge is 2.53. The first-order valence-electron chi connectivity index (χ1n) is 7.28. The van der Waals surface area contributed by atoms with Crippen molar-refractivity contribution in [1.29, 1.82) is 0 Å². The minimum Gasteiger partial charge on any atom is -0.386 e. The van der Waals surface area contributed by atoms with Gasteiger partial charge in [0.15, 0.2) is 0 Å². The number of amides is 2. The van der Waals surface area contributed by atoms with E-state index in [9.17, 15) is 14.7 Å². The van der Waals surface area contributed by atoms with Gasteiger partial charge in [-0.1, -0.05) is 6.07 Å². The zero-order valence-electron chi connectivity index (χ0n) is 12.0. The summed E-state index contributed by atoms with van der Waals surface area (Å²) in [5.41, 5.74) is -0.651. The van der Waals surface area contributed by atoms with E-state index in [1.165, 1.54) is 18.3 Å². The molecule has 0 aromatic carbocycles. The van der Waals surface area contributed by atoms with Crippen LogP contribution in [0, 0.1) is 5.92 Å². The number of carbonyl (C=O) groups excluding carboxylic acids is 2. The maximum atomic E-state index is 12.3. The van der Waals surface area contributed by atoms with Gasteiger partial charge < -0.3 is 15.3 Å². The molecular formula is C15H20N2O3S. The van der Waals surface area contributed by atoms with Crippen LogP contribution in [0.5, 0.6) is 0 Å². The van der Waals surface area contributed by atoms with Gasteiger partial charge in [-0.3, -0.25) is 9.59 Å². The molecule has 0 bridgehead atoms. The fourth-order valence-corrected chi connectivity index (χ4v) is 3.71. The lowest BCUT2D eigenvalue weighted by atomic mass is 9.88. The van der Waals surface area contributed by atoms with Crippen molar-refractivity contribution in [2.75, 3.05) is 13.1 Å². The average molecular weight is 308 g/mol. The number of β-amino-alcohol motifs (C(OH)–C–C–N with tert-alkyl or cyclic N) is 1. The third kappa shape index (κ3) is 3.11. The second-order valence-electron chi connectivity index (χ2n) is 6.10. The molecule has 1 aromatic heterocycles. The summed E-state index contributed by atoms with van der Waals surface area (Å²) in [6.45, 7) is 2.34. The molecule has 3 rings (SSSR count). The fourth-order valence-electron chi connectivity index (χ4n) is 2.93. The average Bonchev–Trinajstić information content (AvgIpc) is 3.09. The summed E-state index contributed by atoms with van der Waals surface area (Å²) in [6, 6.07) is 3.56. The summed E-state index contributed by atoms with van der Waals surface area (Å²) in [6.07, 6.45) is 2.39. The Morgan fingerprint density at radius 1 is 1.52 bits per heavy atom. The molecule has 2 aliphatic rings. The standard InChI is InChI=1S/C15H20N2O3S/c1-10(18)16-12(13-3-2-6-21-13)7-14(19)17-8-15(20,9-17)11-4-5-11/h2-3,6,11-12,20H,4-5,7-9H2,1H3,(H,16,18). The monoisotopic (exact) mass is 308 g/mol. The first-order chi connectivity index (χ1) is 9.98. The minimum absolute atomic E-state index is 0.00697. The van der Waals surface area contributed by atoms with Gasteiger partial charge in [0.05, 0.1) is 25.6 Å². The quantitative estimate of drug-likeness (QED) is 0.861. The van der Waals surface area contributed by atoms with Crippen LogP contribution < -0.4 is 5.32 Å². The third-order valence-corrected chi connectivity index (χ3v) is 5.25.